The second kappa shape index (κ2) is 7.22. The molecule has 2 rings (SSSR count). The lowest BCUT2D eigenvalue weighted by Gasteiger charge is -2.18. The maximum atomic E-state index is 5.40. The summed E-state index contributed by atoms with van der Waals surface area (Å²) in [6.45, 7) is 4.35. The molecule has 2 unspecified atom stereocenters. The number of rotatable bonds is 7. The molecule has 0 saturated heterocycles. The van der Waals surface area contributed by atoms with Gasteiger partial charge >= 0.3 is 0 Å². The van der Waals surface area contributed by atoms with Crippen molar-refractivity contribution in [1.82, 2.24) is 20.1 Å². The van der Waals surface area contributed by atoms with E-state index in [0.29, 0.717) is 6.04 Å². The van der Waals surface area contributed by atoms with E-state index in [9.17, 15) is 0 Å². The maximum Gasteiger partial charge on any atom is 0.141 e. The van der Waals surface area contributed by atoms with Gasteiger partial charge in [0.15, 0.2) is 0 Å². The summed E-state index contributed by atoms with van der Waals surface area (Å²) in [7, 11) is 3.63. The zero-order valence-electron chi connectivity index (χ0n) is 13.2. The fourth-order valence-corrected chi connectivity index (χ4v) is 2.34. The van der Waals surface area contributed by atoms with Gasteiger partial charge in [-0.3, -0.25) is 9.67 Å². The quantitative estimate of drug-likeness (QED) is 0.851. The molecule has 0 aliphatic rings. The molecule has 0 fully saturated rings. The molecule has 0 spiro atoms. The van der Waals surface area contributed by atoms with Gasteiger partial charge in [-0.25, -0.2) is 0 Å². The van der Waals surface area contributed by atoms with Crippen LogP contribution in [0.2, 0.25) is 0 Å². The van der Waals surface area contributed by atoms with Gasteiger partial charge in [-0.15, -0.1) is 0 Å². The summed E-state index contributed by atoms with van der Waals surface area (Å²) in [4.78, 5) is 4.11. The molecule has 0 bridgehead atoms. The second-order valence-electron chi connectivity index (χ2n) is 5.21. The molecule has 0 aliphatic carbocycles. The third kappa shape index (κ3) is 3.61. The topological polar surface area (TPSA) is 52.0 Å². The monoisotopic (exact) mass is 288 g/mol. The number of pyridine rings is 1. The van der Waals surface area contributed by atoms with Crippen molar-refractivity contribution in [2.24, 2.45) is 0 Å². The average molecular weight is 288 g/mol. The molecule has 0 aliphatic heterocycles. The van der Waals surface area contributed by atoms with Gasteiger partial charge in [0.25, 0.3) is 0 Å². The molecule has 114 valence electrons. The van der Waals surface area contributed by atoms with Crippen LogP contribution in [0.1, 0.15) is 43.6 Å². The average Bonchev–Trinajstić information content (AvgIpc) is 3.00. The summed E-state index contributed by atoms with van der Waals surface area (Å²) >= 11 is 0. The summed E-state index contributed by atoms with van der Waals surface area (Å²) < 4.78 is 7.43. The van der Waals surface area contributed by atoms with E-state index in [1.807, 2.05) is 17.8 Å². The zero-order chi connectivity index (χ0) is 15.2. The van der Waals surface area contributed by atoms with Gasteiger partial charge in [-0.2, -0.15) is 5.10 Å². The van der Waals surface area contributed by atoms with Crippen LogP contribution in [0.4, 0.5) is 0 Å². The number of nitrogens with zero attached hydrogens (tertiary/aromatic N) is 3. The first-order chi connectivity index (χ1) is 10.2. The Morgan fingerprint density at radius 3 is 2.86 bits per heavy atom. The third-order valence-electron chi connectivity index (χ3n) is 3.88. The molecule has 1 N–H and O–H groups in total. The van der Waals surface area contributed by atoms with Gasteiger partial charge in [0.05, 0.1) is 19.0 Å². The van der Waals surface area contributed by atoms with Crippen molar-refractivity contribution in [1.29, 1.82) is 0 Å². The van der Waals surface area contributed by atoms with Crippen molar-refractivity contribution < 1.29 is 4.74 Å². The minimum absolute atomic E-state index is 0.156. The minimum atomic E-state index is 0.156. The van der Waals surface area contributed by atoms with Crippen molar-refractivity contribution in [3.63, 3.8) is 0 Å². The van der Waals surface area contributed by atoms with Gasteiger partial charge in [0.2, 0.25) is 0 Å². The van der Waals surface area contributed by atoms with E-state index in [1.165, 1.54) is 0 Å². The highest BCUT2D eigenvalue weighted by atomic mass is 16.5. The Morgan fingerprint density at radius 1 is 1.38 bits per heavy atom. The Morgan fingerprint density at radius 2 is 2.19 bits per heavy atom. The Hall–Kier alpha value is -1.88. The number of likely N-dealkylation sites (N-methyl/N-ethyl adjacent to an activating group) is 1. The smallest absolute Gasteiger partial charge is 0.141 e. The highest BCUT2D eigenvalue weighted by Gasteiger charge is 2.16. The molecule has 0 amide bonds. The number of hydrogen-bond donors (Lipinski definition) is 1. The molecule has 21 heavy (non-hydrogen) atoms. The molecule has 0 saturated carbocycles. The Kier molecular flexibility index (Phi) is 5.33. The van der Waals surface area contributed by atoms with Crippen LogP contribution in [0, 0.1) is 0 Å². The number of methoxy groups -OCH3 is 1. The van der Waals surface area contributed by atoms with Crippen molar-refractivity contribution >= 4 is 0 Å². The SMILES string of the molecule is CCC(C)n1ccc(CC(NC)c2ccncc2OC)n1. The molecule has 0 radical (unpaired) electrons. The lowest BCUT2D eigenvalue weighted by molar-refractivity contribution is 0.398. The van der Waals surface area contributed by atoms with Crippen molar-refractivity contribution in [2.75, 3.05) is 14.2 Å². The zero-order valence-corrected chi connectivity index (χ0v) is 13.2. The number of nitrogens with one attached hydrogen (secondary N) is 1. The van der Waals surface area contributed by atoms with E-state index in [2.05, 4.69) is 41.5 Å². The predicted octanol–water partition coefficient (Wildman–Crippen LogP) is 2.76. The highest BCUT2D eigenvalue weighted by Crippen LogP contribution is 2.26. The first kappa shape index (κ1) is 15.5. The summed E-state index contributed by atoms with van der Waals surface area (Å²) in [5.41, 5.74) is 2.18. The molecule has 5 nitrogen and oxygen atoms in total. The van der Waals surface area contributed by atoms with E-state index in [-0.39, 0.29) is 6.04 Å². The van der Waals surface area contributed by atoms with Crippen LogP contribution in [0.5, 0.6) is 5.75 Å². The van der Waals surface area contributed by atoms with Gasteiger partial charge in [0, 0.05) is 36.5 Å². The Balaban J connectivity index is 2.17. The molecule has 2 heterocycles. The van der Waals surface area contributed by atoms with E-state index in [1.54, 1.807) is 19.5 Å². The minimum Gasteiger partial charge on any atom is -0.495 e. The third-order valence-corrected chi connectivity index (χ3v) is 3.88. The summed E-state index contributed by atoms with van der Waals surface area (Å²) in [6.07, 6.45) is 7.49. The molecule has 2 aromatic rings. The number of aromatic nitrogens is 3. The number of hydrogen-bond acceptors (Lipinski definition) is 4. The van der Waals surface area contributed by atoms with E-state index in [0.717, 1.165) is 29.8 Å². The van der Waals surface area contributed by atoms with Crippen LogP contribution in [-0.4, -0.2) is 28.9 Å². The number of ether oxygens (including phenoxy) is 1. The van der Waals surface area contributed by atoms with Crippen LogP contribution in [-0.2, 0) is 6.42 Å². The first-order valence-electron chi connectivity index (χ1n) is 7.38. The molecule has 2 aromatic heterocycles. The van der Waals surface area contributed by atoms with Gasteiger partial charge in [0.1, 0.15) is 5.75 Å². The summed E-state index contributed by atoms with van der Waals surface area (Å²) in [6, 6.07) is 4.67. The standard InChI is InChI=1S/C16H24N4O/c1-5-12(2)20-9-7-13(19-20)10-15(17-3)14-6-8-18-11-16(14)21-4/h6-9,11-12,15,17H,5,10H2,1-4H3. The highest BCUT2D eigenvalue weighted by molar-refractivity contribution is 5.33. The fourth-order valence-electron chi connectivity index (χ4n) is 2.34. The van der Waals surface area contributed by atoms with Gasteiger partial charge in [-0.1, -0.05) is 6.92 Å². The van der Waals surface area contributed by atoms with E-state index < -0.39 is 0 Å². The Bertz CT molecular complexity index is 567. The normalized spacial score (nSPS) is 13.9. The van der Waals surface area contributed by atoms with Crippen molar-refractivity contribution in [2.45, 2.75) is 38.8 Å². The van der Waals surface area contributed by atoms with E-state index >= 15 is 0 Å². The van der Waals surface area contributed by atoms with Crippen LogP contribution in [0.25, 0.3) is 0 Å². The molecule has 5 heteroatoms. The fraction of sp³-hybridized carbons (Fsp3) is 0.500. The maximum absolute atomic E-state index is 5.40. The second-order valence-corrected chi connectivity index (χ2v) is 5.21. The predicted molar refractivity (Wildman–Crippen MR) is 83.5 cm³/mol. The molecule has 2 atom stereocenters. The lowest BCUT2D eigenvalue weighted by Crippen LogP contribution is -2.20. The molecular formula is C16H24N4O. The van der Waals surface area contributed by atoms with Crippen LogP contribution < -0.4 is 10.1 Å². The van der Waals surface area contributed by atoms with Crippen molar-refractivity contribution in [3.8, 4) is 5.75 Å². The summed E-state index contributed by atoms with van der Waals surface area (Å²) in [5.74, 6) is 0.804. The van der Waals surface area contributed by atoms with Crippen LogP contribution >= 0.6 is 0 Å². The van der Waals surface area contributed by atoms with Crippen LogP contribution in [0.15, 0.2) is 30.7 Å². The van der Waals surface area contributed by atoms with Crippen molar-refractivity contribution in [3.05, 3.63) is 42.0 Å². The van der Waals surface area contributed by atoms with Crippen LogP contribution in [0.3, 0.4) is 0 Å². The summed E-state index contributed by atoms with van der Waals surface area (Å²) in [5, 5.41) is 8.01. The Labute approximate surface area is 126 Å². The largest absolute Gasteiger partial charge is 0.495 e. The van der Waals surface area contributed by atoms with Gasteiger partial charge < -0.3 is 10.1 Å². The molecular weight excluding hydrogens is 264 g/mol. The first-order valence-corrected chi connectivity index (χ1v) is 7.38. The van der Waals surface area contributed by atoms with E-state index in [4.69, 9.17) is 4.74 Å². The van der Waals surface area contributed by atoms with Gasteiger partial charge in [-0.05, 0) is 32.5 Å². The lowest BCUT2D eigenvalue weighted by atomic mass is 10.0. The molecule has 0 aromatic carbocycles.